The molecule has 0 fully saturated rings. The number of hydrogen-bond acceptors (Lipinski definition) is 2. The quantitative estimate of drug-likeness (QED) is 0.614. The molecule has 0 saturated heterocycles. The third kappa shape index (κ3) is 5.39. The van der Waals surface area contributed by atoms with Gasteiger partial charge in [0.15, 0.2) is 0 Å². The predicted molar refractivity (Wildman–Crippen MR) is 74.0 cm³/mol. The van der Waals surface area contributed by atoms with Gasteiger partial charge in [0, 0.05) is 12.5 Å². The van der Waals surface area contributed by atoms with Crippen LogP contribution in [-0.2, 0) is 0 Å². The molecule has 2 heteroatoms. The second-order valence-corrected chi connectivity index (χ2v) is 5.49. The third-order valence-electron chi connectivity index (χ3n) is 4.18. The van der Waals surface area contributed by atoms with E-state index in [1.807, 2.05) is 6.92 Å². The molecule has 0 bridgehead atoms. The van der Waals surface area contributed by atoms with Gasteiger partial charge in [-0.3, -0.25) is 0 Å². The van der Waals surface area contributed by atoms with Crippen LogP contribution in [0.15, 0.2) is 0 Å². The molecular formula is C15H32O2. The summed E-state index contributed by atoms with van der Waals surface area (Å²) in [5.74, 6) is 0.348. The van der Waals surface area contributed by atoms with Crippen molar-refractivity contribution in [1.29, 1.82) is 0 Å². The zero-order valence-corrected chi connectivity index (χ0v) is 12.2. The lowest BCUT2D eigenvalue weighted by molar-refractivity contribution is -0.0782. The summed E-state index contributed by atoms with van der Waals surface area (Å²) < 4.78 is 0. The van der Waals surface area contributed by atoms with Gasteiger partial charge in [-0.2, -0.15) is 0 Å². The first-order chi connectivity index (χ1) is 8.04. The highest BCUT2D eigenvalue weighted by atomic mass is 16.3. The summed E-state index contributed by atoms with van der Waals surface area (Å²) in [5, 5.41) is 20.2. The van der Waals surface area contributed by atoms with Gasteiger partial charge in [-0.05, 0) is 25.7 Å². The van der Waals surface area contributed by atoms with Crippen molar-refractivity contribution in [2.45, 2.75) is 78.2 Å². The summed E-state index contributed by atoms with van der Waals surface area (Å²) >= 11 is 0. The molecule has 0 aromatic heterocycles. The van der Waals surface area contributed by atoms with E-state index >= 15 is 0 Å². The van der Waals surface area contributed by atoms with Gasteiger partial charge >= 0.3 is 0 Å². The van der Waals surface area contributed by atoms with Crippen LogP contribution in [0.1, 0.15) is 72.6 Å². The van der Waals surface area contributed by atoms with Crippen LogP contribution in [0.3, 0.4) is 0 Å². The van der Waals surface area contributed by atoms with Crippen LogP contribution < -0.4 is 0 Å². The highest BCUT2D eigenvalue weighted by molar-refractivity contribution is 4.88. The molecule has 0 spiro atoms. The normalized spacial score (nSPS) is 18.7. The van der Waals surface area contributed by atoms with E-state index in [2.05, 4.69) is 20.8 Å². The van der Waals surface area contributed by atoms with Crippen LogP contribution in [0.5, 0.6) is 0 Å². The van der Waals surface area contributed by atoms with Gasteiger partial charge in [-0.1, -0.05) is 52.9 Å². The maximum Gasteiger partial charge on any atom is 0.0697 e. The van der Waals surface area contributed by atoms with E-state index in [0.717, 1.165) is 32.1 Å². The van der Waals surface area contributed by atoms with E-state index in [4.69, 9.17) is 0 Å². The smallest absolute Gasteiger partial charge is 0.0697 e. The molecular weight excluding hydrogens is 212 g/mol. The lowest BCUT2D eigenvalue weighted by Crippen LogP contribution is -2.44. The molecule has 0 aromatic rings. The first-order valence-corrected chi connectivity index (χ1v) is 7.37. The summed E-state index contributed by atoms with van der Waals surface area (Å²) in [6.45, 7) is 8.51. The molecule has 0 aromatic carbocycles. The van der Waals surface area contributed by atoms with Crippen molar-refractivity contribution >= 4 is 0 Å². The molecule has 17 heavy (non-hydrogen) atoms. The van der Waals surface area contributed by atoms with Crippen molar-refractivity contribution < 1.29 is 10.2 Å². The number of unbranched alkanes of at least 4 members (excludes halogenated alkanes) is 2. The molecule has 0 heterocycles. The maximum atomic E-state index is 10.7. The summed E-state index contributed by atoms with van der Waals surface area (Å²) in [5.41, 5.74) is -0.714. The molecule has 3 unspecified atom stereocenters. The molecule has 2 N–H and O–H groups in total. The topological polar surface area (TPSA) is 40.5 Å². The van der Waals surface area contributed by atoms with Crippen LogP contribution in [-0.4, -0.2) is 22.4 Å². The van der Waals surface area contributed by atoms with Gasteiger partial charge in [0.1, 0.15) is 0 Å². The fourth-order valence-corrected chi connectivity index (χ4v) is 2.71. The Balaban J connectivity index is 4.52. The molecule has 0 aliphatic carbocycles. The minimum absolute atomic E-state index is 0.0317. The number of aliphatic hydroxyl groups excluding tert-OH is 1. The van der Waals surface area contributed by atoms with Crippen molar-refractivity contribution in [1.82, 2.24) is 0 Å². The fraction of sp³-hybridized carbons (Fsp3) is 1.00. The molecule has 0 aliphatic rings. The Labute approximate surface area is 107 Å². The minimum Gasteiger partial charge on any atom is -0.396 e. The van der Waals surface area contributed by atoms with Gasteiger partial charge < -0.3 is 10.2 Å². The standard InChI is InChI=1S/C15H32O2/c1-5-8-10-13(7-3)15(4,17)14(12-16)11-9-6-2/h13-14,16-17H,5-12H2,1-4H3. The van der Waals surface area contributed by atoms with E-state index in [1.54, 1.807) is 0 Å². The maximum absolute atomic E-state index is 10.7. The van der Waals surface area contributed by atoms with Crippen molar-refractivity contribution in [3.63, 3.8) is 0 Å². The second kappa shape index (κ2) is 8.93. The Hall–Kier alpha value is -0.0800. The van der Waals surface area contributed by atoms with E-state index in [9.17, 15) is 10.2 Å². The average Bonchev–Trinajstić information content (AvgIpc) is 2.30. The molecule has 0 radical (unpaired) electrons. The van der Waals surface area contributed by atoms with Crippen molar-refractivity contribution in [2.24, 2.45) is 11.8 Å². The predicted octanol–water partition coefficient (Wildman–Crippen LogP) is 3.75. The van der Waals surface area contributed by atoms with Crippen molar-refractivity contribution in [3.05, 3.63) is 0 Å². The molecule has 3 atom stereocenters. The summed E-state index contributed by atoms with van der Waals surface area (Å²) in [6.07, 6.45) is 7.55. The first kappa shape index (κ1) is 16.9. The molecule has 104 valence electrons. The van der Waals surface area contributed by atoms with Gasteiger partial charge in [0.05, 0.1) is 5.60 Å². The molecule has 0 aliphatic heterocycles. The Bertz CT molecular complexity index is 160. The number of aliphatic hydroxyl groups is 2. The average molecular weight is 244 g/mol. The van der Waals surface area contributed by atoms with Crippen LogP contribution in [0, 0.1) is 11.8 Å². The minimum atomic E-state index is -0.714. The summed E-state index contributed by atoms with van der Waals surface area (Å²) in [4.78, 5) is 0. The third-order valence-corrected chi connectivity index (χ3v) is 4.18. The highest BCUT2D eigenvalue weighted by Crippen LogP contribution is 2.34. The molecule has 0 saturated carbocycles. The Morgan fingerprint density at radius 2 is 1.41 bits per heavy atom. The van der Waals surface area contributed by atoms with Gasteiger partial charge in [0.2, 0.25) is 0 Å². The summed E-state index contributed by atoms with van der Waals surface area (Å²) in [6, 6.07) is 0. The van der Waals surface area contributed by atoms with Crippen molar-refractivity contribution in [3.8, 4) is 0 Å². The van der Waals surface area contributed by atoms with E-state index in [-0.39, 0.29) is 12.5 Å². The molecule has 2 nitrogen and oxygen atoms in total. The van der Waals surface area contributed by atoms with Crippen LogP contribution in [0.25, 0.3) is 0 Å². The van der Waals surface area contributed by atoms with Gasteiger partial charge in [-0.25, -0.2) is 0 Å². The number of rotatable bonds is 10. The SMILES string of the molecule is CCCCC(CC)C(C)(O)C(CO)CCCC. The monoisotopic (exact) mass is 244 g/mol. The zero-order valence-electron chi connectivity index (χ0n) is 12.2. The van der Waals surface area contributed by atoms with E-state index < -0.39 is 5.60 Å². The largest absolute Gasteiger partial charge is 0.396 e. The molecule has 0 rings (SSSR count). The van der Waals surface area contributed by atoms with Crippen LogP contribution >= 0.6 is 0 Å². The highest BCUT2D eigenvalue weighted by Gasteiger charge is 2.37. The van der Waals surface area contributed by atoms with E-state index in [1.165, 1.54) is 12.8 Å². The number of hydrogen-bond donors (Lipinski definition) is 2. The van der Waals surface area contributed by atoms with Crippen molar-refractivity contribution in [2.75, 3.05) is 6.61 Å². The van der Waals surface area contributed by atoms with E-state index in [0.29, 0.717) is 5.92 Å². The lowest BCUT2D eigenvalue weighted by atomic mass is 9.73. The Morgan fingerprint density at radius 1 is 0.941 bits per heavy atom. The van der Waals surface area contributed by atoms with Crippen LogP contribution in [0.4, 0.5) is 0 Å². The fourth-order valence-electron chi connectivity index (χ4n) is 2.71. The second-order valence-electron chi connectivity index (χ2n) is 5.49. The van der Waals surface area contributed by atoms with Gasteiger partial charge in [0.25, 0.3) is 0 Å². The summed E-state index contributed by atoms with van der Waals surface area (Å²) in [7, 11) is 0. The van der Waals surface area contributed by atoms with Crippen LogP contribution in [0.2, 0.25) is 0 Å². The zero-order chi connectivity index (χ0) is 13.3. The first-order valence-electron chi connectivity index (χ1n) is 7.37. The Kier molecular flexibility index (Phi) is 8.89. The lowest BCUT2D eigenvalue weighted by Gasteiger charge is -2.39. The van der Waals surface area contributed by atoms with Gasteiger partial charge in [-0.15, -0.1) is 0 Å². The Morgan fingerprint density at radius 3 is 1.76 bits per heavy atom. The molecule has 0 amide bonds.